The normalized spacial score (nSPS) is 21.2. The van der Waals surface area contributed by atoms with E-state index in [1.54, 1.807) is 0 Å². The van der Waals surface area contributed by atoms with Gasteiger partial charge < -0.3 is 10.1 Å². The van der Waals surface area contributed by atoms with E-state index in [9.17, 15) is 24.0 Å². The molecule has 148 valence electrons. The maximum Gasteiger partial charge on any atom is 0.321 e. The van der Waals surface area contributed by atoms with Crippen molar-refractivity contribution in [1.82, 2.24) is 15.5 Å². The Morgan fingerprint density at radius 2 is 1.74 bits per heavy atom. The third kappa shape index (κ3) is 5.63. The molecule has 0 spiro atoms. The lowest BCUT2D eigenvalue weighted by Crippen LogP contribution is -2.42. The summed E-state index contributed by atoms with van der Waals surface area (Å²) in [5, 5.41) is 4.54. The van der Waals surface area contributed by atoms with Crippen molar-refractivity contribution >= 4 is 29.7 Å². The topological polar surface area (TPSA) is 122 Å². The molecule has 27 heavy (non-hydrogen) atoms. The second kappa shape index (κ2) is 9.29. The Bertz CT molecular complexity index is 631. The van der Waals surface area contributed by atoms with Crippen molar-refractivity contribution in [2.24, 2.45) is 17.8 Å². The lowest BCUT2D eigenvalue weighted by atomic mass is 9.85. The monoisotopic (exact) mass is 379 g/mol. The number of nitrogens with zero attached hydrogens (tertiary/aromatic N) is 1. The van der Waals surface area contributed by atoms with Crippen LogP contribution in [0, 0.1) is 17.8 Å². The number of hydrogen-bond acceptors (Lipinski definition) is 6. The number of urea groups is 1. The number of nitrogens with one attached hydrogen (secondary N) is 2. The summed E-state index contributed by atoms with van der Waals surface area (Å²) in [5.74, 6) is -2.44. The molecule has 5 amide bonds. The number of amides is 5. The Kier molecular flexibility index (Phi) is 7.09. The molecule has 0 radical (unpaired) electrons. The standard InChI is InChI=1S/C18H25N3O6/c1-11(2)9-19-18(26)20-14(22)10-27-15(23)7-8-21-16(24)12-5-3-4-6-13(12)17(21)25/h3-4,11-13H,5-10H2,1-2H3,(H2,19,20,22,26)/t12-,13-/m1/s1. The Morgan fingerprint density at radius 3 is 2.30 bits per heavy atom. The highest BCUT2D eigenvalue weighted by atomic mass is 16.5. The maximum absolute atomic E-state index is 12.3. The predicted molar refractivity (Wildman–Crippen MR) is 94.0 cm³/mol. The largest absolute Gasteiger partial charge is 0.456 e. The van der Waals surface area contributed by atoms with Crippen molar-refractivity contribution in [3.63, 3.8) is 0 Å². The van der Waals surface area contributed by atoms with Gasteiger partial charge in [-0.15, -0.1) is 0 Å². The molecule has 0 unspecified atom stereocenters. The average molecular weight is 379 g/mol. The lowest BCUT2D eigenvalue weighted by molar-refractivity contribution is -0.149. The molecule has 1 aliphatic carbocycles. The van der Waals surface area contributed by atoms with Crippen LogP contribution >= 0.6 is 0 Å². The molecule has 2 aliphatic rings. The number of fused-ring (bicyclic) bond motifs is 1. The number of carbonyl (C=O) groups is 5. The van der Waals surface area contributed by atoms with E-state index in [0.29, 0.717) is 19.4 Å². The number of imide groups is 2. The molecular formula is C18H25N3O6. The van der Waals surface area contributed by atoms with Gasteiger partial charge in [-0.2, -0.15) is 0 Å². The molecular weight excluding hydrogens is 354 g/mol. The van der Waals surface area contributed by atoms with Crippen molar-refractivity contribution in [2.45, 2.75) is 33.1 Å². The number of esters is 1. The highest BCUT2D eigenvalue weighted by Crippen LogP contribution is 2.34. The summed E-state index contributed by atoms with van der Waals surface area (Å²) in [6, 6.07) is -0.658. The first-order valence-electron chi connectivity index (χ1n) is 9.03. The second-order valence-electron chi connectivity index (χ2n) is 7.05. The van der Waals surface area contributed by atoms with E-state index in [2.05, 4.69) is 5.32 Å². The molecule has 1 heterocycles. The second-order valence-corrected chi connectivity index (χ2v) is 7.05. The molecule has 0 aromatic carbocycles. The van der Waals surface area contributed by atoms with Crippen molar-refractivity contribution in [3.05, 3.63) is 12.2 Å². The van der Waals surface area contributed by atoms with Gasteiger partial charge in [0.2, 0.25) is 11.8 Å². The molecule has 2 atom stereocenters. The van der Waals surface area contributed by atoms with Crippen LogP contribution in [0.2, 0.25) is 0 Å². The van der Waals surface area contributed by atoms with Crippen LogP contribution in [0.5, 0.6) is 0 Å². The zero-order chi connectivity index (χ0) is 20.0. The number of allylic oxidation sites excluding steroid dienone is 2. The summed E-state index contributed by atoms with van der Waals surface area (Å²) >= 11 is 0. The summed E-state index contributed by atoms with van der Waals surface area (Å²) in [6.07, 6.45) is 4.65. The summed E-state index contributed by atoms with van der Waals surface area (Å²) < 4.78 is 4.79. The van der Waals surface area contributed by atoms with Gasteiger partial charge in [-0.1, -0.05) is 26.0 Å². The zero-order valence-corrected chi connectivity index (χ0v) is 15.5. The quantitative estimate of drug-likeness (QED) is 0.374. The SMILES string of the molecule is CC(C)CNC(=O)NC(=O)COC(=O)CCN1C(=O)[C@@H]2CC=CC[C@H]2C1=O. The van der Waals surface area contributed by atoms with Gasteiger partial charge in [-0.25, -0.2) is 4.79 Å². The van der Waals surface area contributed by atoms with Crippen molar-refractivity contribution in [3.8, 4) is 0 Å². The number of rotatable bonds is 7. The number of hydrogen-bond donors (Lipinski definition) is 2. The van der Waals surface area contributed by atoms with Gasteiger partial charge in [-0.05, 0) is 18.8 Å². The fourth-order valence-corrected chi connectivity index (χ4v) is 3.01. The van der Waals surface area contributed by atoms with Gasteiger partial charge in [0.15, 0.2) is 6.61 Å². The lowest BCUT2D eigenvalue weighted by Gasteiger charge is -2.14. The van der Waals surface area contributed by atoms with Crippen LogP contribution in [0.25, 0.3) is 0 Å². The van der Waals surface area contributed by atoms with E-state index in [4.69, 9.17) is 4.74 Å². The number of carbonyl (C=O) groups excluding carboxylic acids is 5. The highest BCUT2D eigenvalue weighted by Gasteiger charge is 2.46. The van der Waals surface area contributed by atoms with Crippen LogP contribution in [-0.2, 0) is 23.9 Å². The minimum absolute atomic E-state index is 0.0695. The number of likely N-dealkylation sites (tertiary alicyclic amines) is 1. The average Bonchev–Trinajstić information content (AvgIpc) is 2.87. The molecule has 2 N–H and O–H groups in total. The minimum atomic E-state index is -0.755. The third-order valence-electron chi connectivity index (χ3n) is 4.43. The van der Waals surface area contributed by atoms with Crippen molar-refractivity contribution < 1.29 is 28.7 Å². The Hall–Kier alpha value is -2.71. The minimum Gasteiger partial charge on any atom is -0.456 e. The first kappa shape index (κ1) is 20.6. The first-order chi connectivity index (χ1) is 12.8. The van der Waals surface area contributed by atoms with Crippen molar-refractivity contribution in [2.75, 3.05) is 19.7 Å². The summed E-state index contributed by atoms with van der Waals surface area (Å²) in [4.78, 5) is 60.4. The van der Waals surface area contributed by atoms with E-state index in [1.165, 1.54) is 0 Å². The summed E-state index contributed by atoms with van der Waals surface area (Å²) in [5.41, 5.74) is 0. The molecule has 2 rings (SSSR count). The van der Waals surface area contributed by atoms with Gasteiger partial charge in [0.25, 0.3) is 5.91 Å². The van der Waals surface area contributed by atoms with E-state index in [1.807, 2.05) is 31.3 Å². The Morgan fingerprint density at radius 1 is 1.15 bits per heavy atom. The summed E-state index contributed by atoms with van der Waals surface area (Å²) in [6.45, 7) is 3.55. The molecule has 0 aromatic rings. The summed E-state index contributed by atoms with van der Waals surface area (Å²) in [7, 11) is 0. The van der Waals surface area contributed by atoms with E-state index in [0.717, 1.165) is 4.90 Å². The molecule has 9 heteroatoms. The van der Waals surface area contributed by atoms with Crippen LogP contribution in [-0.4, -0.2) is 54.3 Å². The molecule has 0 aromatic heterocycles. The smallest absolute Gasteiger partial charge is 0.321 e. The first-order valence-corrected chi connectivity index (χ1v) is 9.03. The Balaban J connectivity index is 1.69. The third-order valence-corrected chi connectivity index (χ3v) is 4.43. The maximum atomic E-state index is 12.3. The van der Waals surface area contributed by atoms with Crippen LogP contribution in [0.4, 0.5) is 4.79 Å². The van der Waals surface area contributed by atoms with Gasteiger partial charge in [0.05, 0.1) is 18.3 Å². The Labute approximate surface area is 157 Å². The highest BCUT2D eigenvalue weighted by molar-refractivity contribution is 6.05. The molecule has 1 saturated heterocycles. The number of ether oxygens (including phenoxy) is 1. The fourth-order valence-electron chi connectivity index (χ4n) is 3.01. The van der Waals surface area contributed by atoms with Gasteiger partial charge in [-0.3, -0.25) is 29.4 Å². The van der Waals surface area contributed by atoms with Crippen LogP contribution in [0.15, 0.2) is 12.2 Å². The van der Waals surface area contributed by atoms with E-state index < -0.39 is 24.5 Å². The molecule has 1 aliphatic heterocycles. The predicted octanol–water partition coefficient (Wildman–Crippen LogP) is 0.353. The van der Waals surface area contributed by atoms with Crippen LogP contribution < -0.4 is 10.6 Å². The van der Waals surface area contributed by atoms with Gasteiger partial charge in [0.1, 0.15) is 0 Å². The molecule has 0 bridgehead atoms. The van der Waals surface area contributed by atoms with E-state index >= 15 is 0 Å². The van der Waals surface area contributed by atoms with Gasteiger partial charge in [0, 0.05) is 13.1 Å². The van der Waals surface area contributed by atoms with Crippen LogP contribution in [0.1, 0.15) is 33.1 Å². The fraction of sp³-hybridized carbons (Fsp3) is 0.611. The molecule has 1 fully saturated rings. The molecule has 0 saturated carbocycles. The van der Waals surface area contributed by atoms with Crippen molar-refractivity contribution in [1.29, 1.82) is 0 Å². The van der Waals surface area contributed by atoms with Gasteiger partial charge >= 0.3 is 12.0 Å². The van der Waals surface area contributed by atoms with E-state index in [-0.39, 0.29) is 42.5 Å². The zero-order valence-electron chi connectivity index (χ0n) is 15.5. The van der Waals surface area contributed by atoms with Crippen LogP contribution in [0.3, 0.4) is 0 Å². The molecule has 9 nitrogen and oxygen atoms in total.